The maximum Gasteiger partial charge on any atom is 0.338 e. The van der Waals surface area contributed by atoms with E-state index in [2.05, 4.69) is 10.3 Å². The SMILES string of the molecule is O=C(COC(=O)c1ccc2c(=O)n3c(nc2c1)CCCCC3)Nc1ccc(Cl)cc1Cl. The van der Waals surface area contributed by atoms with Crippen LogP contribution in [0.15, 0.2) is 41.2 Å². The van der Waals surface area contributed by atoms with Crippen molar-refractivity contribution >= 4 is 51.7 Å². The zero-order valence-corrected chi connectivity index (χ0v) is 18.0. The van der Waals surface area contributed by atoms with E-state index in [1.165, 1.54) is 18.2 Å². The number of anilines is 1. The number of hydrogen-bond acceptors (Lipinski definition) is 5. The van der Waals surface area contributed by atoms with Gasteiger partial charge in [-0.2, -0.15) is 0 Å². The van der Waals surface area contributed by atoms with Crippen LogP contribution in [0.5, 0.6) is 0 Å². The van der Waals surface area contributed by atoms with Gasteiger partial charge in [-0.3, -0.25) is 14.2 Å². The predicted octanol–water partition coefficient (Wildman–Crippen LogP) is 4.23. The van der Waals surface area contributed by atoms with Crippen LogP contribution < -0.4 is 10.9 Å². The van der Waals surface area contributed by atoms with E-state index in [0.29, 0.717) is 28.2 Å². The highest BCUT2D eigenvalue weighted by molar-refractivity contribution is 6.36. The molecule has 7 nitrogen and oxygen atoms in total. The third kappa shape index (κ3) is 4.73. The number of aromatic nitrogens is 2. The van der Waals surface area contributed by atoms with Crippen LogP contribution in [0.1, 0.15) is 35.4 Å². The Morgan fingerprint density at radius 1 is 1.10 bits per heavy atom. The van der Waals surface area contributed by atoms with Crippen molar-refractivity contribution in [3.05, 3.63) is 68.2 Å². The number of nitrogens with one attached hydrogen (secondary N) is 1. The number of carbonyl (C=O) groups excluding carboxylic acids is 2. The van der Waals surface area contributed by atoms with Crippen molar-refractivity contribution in [2.24, 2.45) is 0 Å². The lowest BCUT2D eigenvalue weighted by atomic mass is 10.1. The summed E-state index contributed by atoms with van der Waals surface area (Å²) in [5, 5.41) is 3.73. The quantitative estimate of drug-likeness (QED) is 0.589. The number of carbonyl (C=O) groups is 2. The number of nitrogens with zero attached hydrogens (tertiary/aromatic N) is 2. The Morgan fingerprint density at radius 3 is 2.74 bits per heavy atom. The molecule has 0 fully saturated rings. The average molecular weight is 460 g/mol. The maximum absolute atomic E-state index is 12.8. The third-order valence-corrected chi connectivity index (χ3v) is 5.64. The van der Waals surface area contributed by atoms with Crippen molar-refractivity contribution in [1.29, 1.82) is 0 Å². The number of esters is 1. The second kappa shape index (κ2) is 9.08. The predicted molar refractivity (Wildman–Crippen MR) is 119 cm³/mol. The highest BCUT2D eigenvalue weighted by Crippen LogP contribution is 2.25. The number of amides is 1. The molecule has 3 aromatic rings. The maximum atomic E-state index is 12.8. The van der Waals surface area contributed by atoms with E-state index in [4.69, 9.17) is 27.9 Å². The van der Waals surface area contributed by atoms with E-state index in [0.717, 1.165) is 31.5 Å². The smallest absolute Gasteiger partial charge is 0.338 e. The lowest BCUT2D eigenvalue weighted by Gasteiger charge is -2.11. The molecule has 31 heavy (non-hydrogen) atoms. The molecule has 2 heterocycles. The van der Waals surface area contributed by atoms with Gasteiger partial charge in [0, 0.05) is 18.0 Å². The van der Waals surface area contributed by atoms with Gasteiger partial charge in [0.15, 0.2) is 6.61 Å². The summed E-state index contributed by atoms with van der Waals surface area (Å²) in [5.74, 6) is -0.490. The molecule has 1 aromatic heterocycles. The zero-order chi connectivity index (χ0) is 22.0. The first kappa shape index (κ1) is 21.3. The summed E-state index contributed by atoms with van der Waals surface area (Å²) < 4.78 is 6.83. The molecule has 0 saturated heterocycles. The molecule has 4 rings (SSSR count). The summed E-state index contributed by atoms with van der Waals surface area (Å²) in [4.78, 5) is 41.9. The molecular weight excluding hydrogens is 441 g/mol. The normalized spacial score (nSPS) is 13.4. The summed E-state index contributed by atoms with van der Waals surface area (Å²) >= 11 is 11.8. The molecule has 1 aliphatic rings. The lowest BCUT2D eigenvalue weighted by molar-refractivity contribution is -0.119. The Labute approximate surface area is 187 Å². The van der Waals surface area contributed by atoms with Gasteiger partial charge in [-0.1, -0.05) is 29.6 Å². The number of fused-ring (bicyclic) bond motifs is 2. The third-order valence-electron chi connectivity index (χ3n) is 5.09. The molecule has 1 amide bonds. The van der Waals surface area contributed by atoms with Crippen molar-refractivity contribution in [2.75, 3.05) is 11.9 Å². The van der Waals surface area contributed by atoms with Crippen LogP contribution in [0, 0.1) is 0 Å². The molecule has 1 aliphatic heterocycles. The lowest BCUT2D eigenvalue weighted by Crippen LogP contribution is -2.25. The fourth-order valence-corrected chi connectivity index (χ4v) is 3.99. The van der Waals surface area contributed by atoms with Gasteiger partial charge in [-0.15, -0.1) is 0 Å². The molecule has 0 bridgehead atoms. The van der Waals surface area contributed by atoms with Crippen LogP contribution in [-0.4, -0.2) is 28.0 Å². The van der Waals surface area contributed by atoms with Crippen molar-refractivity contribution in [3.63, 3.8) is 0 Å². The largest absolute Gasteiger partial charge is 0.452 e. The minimum Gasteiger partial charge on any atom is -0.452 e. The summed E-state index contributed by atoms with van der Waals surface area (Å²) in [6, 6.07) is 9.24. The Balaban J connectivity index is 1.47. The van der Waals surface area contributed by atoms with Gasteiger partial charge >= 0.3 is 5.97 Å². The Kier molecular flexibility index (Phi) is 6.25. The zero-order valence-electron chi connectivity index (χ0n) is 16.5. The van der Waals surface area contributed by atoms with Gasteiger partial charge in [0.25, 0.3) is 11.5 Å². The molecule has 1 N–H and O–H groups in total. The van der Waals surface area contributed by atoms with Crippen LogP contribution in [0.3, 0.4) is 0 Å². The van der Waals surface area contributed by atoms with Gasteiger partial charge < -0.3 is 10.1 Å². The first-order valence-corrected chi connectivity index (χ1v) is 10.6. The highest BCUT2D eigenvalue weighted by atomic mass is 35.5. The molecular formula is C22H19Cl2N3O4. The molecule has 0 aliphatic carbocycles. The number of benzene rings is 2. The molecule has 0 spiro atoms. The monoisotopic (exact) mass is 459 g/mol. The van der Waals surface area contributed by atoms with Crippen LogP contribution in [0.4, 0.5) is 5.69 Å². The standard InChI is InChI=1S/C22H19Cl2N3O4/c23-14-6-8-17(16(24)11-14)26-20(28)12-31-22(30)13-5-7-15-18(10-13)25-19-4-2-1-3-9-27(19)21(15)29/h5-8,10-11H,1-4,9,12H2,(H,26,28). The summed E-state index contributed by atoms with van der Waals surface area (Å²) in [7, 11) is 0. The topological polar surface area (TPSA) is 90.3 Å². The van der Waals surface area contributed by atoms with Gasteiger partial charge in [0.2, 0.25) is 0 Å². The molecule has 0 radical (unpaired) electrons. The fraction of sp³-hybridized carbons (Fsp3) is 0.273. The Bertz CT molecular complexity index is 1240. The van der Waals surface area contributed by atoms with Gasteiger partial charge in [-0.05, 0) is 49.2 Å². The molecule has 0 saturated carbocycles. The average Bonchev–Trinajstić information content (AvgIpc) is 2.99. The minimum absolute atomic E-state index is 0.0963. The second-order valence-corrected chi connectivity index (χ2v) is 8.12. The first-order valence-electron chi connectivity index (χ1n) is 9.88. The number of halogens is 2. The van der Waals surface area contributed by atoms with Crippen molar-refractivity contribution in [3.8, 4) is 0 Å². The van der Waals surface area contributed by atoms with Crippen LogP contribution >= 0.6 is 23.2 Å². The van der Waals surface area contributed by atoms with Crippen molar-refractivity contribution < 1.29 is 14.3 Å². The Hall–Kier alpha value is -2.90. The second-order valence-electron chi connectivity index (χ2n) is 7.28. The molecule has 160 valence electrons. The molecule has 0 atom stereocenters. The molecule has 2 aromatic carbocycles. The van der Waals surface area contributed by atoms with Crippen LogP contribution in [0.25, 0.3) is 10.9 Å². The van der Waals surface area contributed by atoms with E-state index in [1.54, 1.807) is 22.8 Å². The summed E-state index contributed by atoms with van der Waals surface area (Å²) in [5.41, 5.74) is 0.935. The van der Waals surface area contributed by atoms with E-state index >= 15 is 0 Å². The first-order chi connectivity index (χ1) is 14.9. The van der Waals surface area contributed by atoms with E-state index in [9.17, 15) is 14.4 Å². The summed E-state index contributed by atoms with van der Waals surface area (Å²) in [6.45, 7) is 0.170. The minimum atomic E-state index is -0.684. The van der Waals surface area contributed by atoms with Crippen LogP contribution in [0.2, 0.25) is 10.0 Å². The number of rotatable bonds is 4. The molecule has 0 unspecified atom stereocenters. The highest BCUT2D eigenvalue weighted by Gasteiger charge is 2.17. The van der Waals surface area contributed by atoms with Gasteiger partial charge in [0.1, 0.15) is 5.82 Å². The molecule has 9 heteroatoms. The number of aryl methyl sites for hydroxylation is 1. The van der Waals surface area contributed by atoms with E-state index < -0.39 is 18.5 Å². The van der Waals surface area contributed by atoms with Gasteiger partial charge in [-0.25, -0.2) is 9.78 Å². The van der Waals surface area contributed by atoms with E-state index in [-0.39, 0.29) is 16.1 Å². The number of ether oxygens (including phenoxy) is 1. The number of hydrogen-bond donors (Lipinski definition) is 1. The van der Waals surface area contributed by atoms with Crippen molar-refractivity contribution in [1.82, 2.24) is 9.55 Å². The Morgan fingerprint density at radius 2 is 1.94 bits per heavy atom. The fourth-order valence-electron chi connectivity index (χ4n) is 3.54. The van der Waals surface area contributed by atoms with Crippen LogP contribution in [-0.2, 0) is 22.5 Å². The van der Waals surface area contributed by atoms with Crippen molar-refractivity contribution in [2.45, 2.75) is 32.2 Å². The van der Waals surface area contributed by atoms with E-state index in [1.807, 2.05) is 0 Å². The summed E-state index contributed by atoms with van der Waals surface area (Å²) in [6.07, 6.45) is 3.72. The van der Waals surface area contributed by atoms with Gasteiger partial charge in [0.05, 0.1) is 27.2 Å².